The second-order valence-electron chi connectivity index (χ2n) is 8.88. The SMILES string of the molecule is COc1ncc(F)cc1S(=O)(=O)Nc1ccc(F)c(-c2ccc3c(C(=O)NCCCN(C)C)n[nH]c3c2F)c1F. The number of pyridine rings is 1. The summed E-state index contributed by atoms with van der Waals surface area (Å²) in [4.78, 5) is 17.3. The smallest absolute Gasteiger partial charge is 0.272 e. The lowest BCUT2D eigenvalue weighted by atomic mass is 10.0. The van der Waals surface area contributed by atoms with Crippen LogP contribution < -0.4 is 14.8 Å². The zero-order valence-electron chi connectivity index (χ0n) is 21.5. The second kappa shape index (κ2) is 11.5. The predicted octanol–water partition coefficient (Wildman–Crippen LogP) is 3.67. The highest BCUT2D eigenvalue weighted by Crippen LogP contribution is 2.36. The number of halogens is 4. The van der Waals surface area contributed by atoms with E-state index in [1.165, 1.54) is 6.07 Å². The average Bonchev–Trinajstić information content (AvgIpc) is 3.34. The van der Waals surface area contributed by atoms with Crippen LogP contribution in [0.25, 0.3) is 22.0 Å². The third-order valence-electron chi connectivity index (χ3n) is 5.83. The molecule has 0 spiro atoms. The number of hydrogen-bond donors (Lipinski definition) is 3. The highest BCUT2D eigenvalue weighted by molar-refractivity contribution is 7.92. The number of carbonyl (C=O) groups excluding carboxylic acids is 1. The van der Waals surface area contributed by atoms with Gasteiger partial charge in [0.1, 0.15) is 17.2 Å². The number of nitrogens with zero attached hydrogens (tertiary/aromatic N) is 3. The van der Waals surface area contributed by atoms with Crippen molar-refractivity contribution >= 4 is 32.5 Å². The van der Waals surface area contributed by atoms with E-state index in [0.717, 1.165) is 38.1 Å². The molecule has 15 heteroatoms. The van der Waals surface area contributed by atoms with Crippen LogP contribution in [0.5, 0.6) is 5.88 Å². The van der Waals surface area contributed by atoms with Crippen molar-refractivity contribution in [3.8, 4) is 17.0 Å². The molecule has 4 rings (SSSR count). The normalized spacial score (nSPS) is 11.7. The highest BCUT2D eigenvalue weighted by atomic mass is 32.2. The number of fused-ring (bicyclic) bond motifs is 1. The van der Waals surface area contributed by atoms with Gasteiger partial charge >= 0.3 is 0 Å². The van der Waals surface area contributed by atoms with E-state index in [1.807, 2.05) is 23.7 Å². The number of sulfonamides is 1. The van der Waals surface area contributed by atoms with Gasteiger partial charge in [0.25, 0.3) is 15.9 Å². The van der Waals surface area contributed by atoms with Gasteiger partial charge in [0.2, 0.25) is 5.88 Å². The maximum Gasteiger partial charge on any atom is 0.272 e. The molecule has 0 aliphatic carbocycles. The van der Waals surface area contributed by atoms with E-state index in [2.05, 4.69) is 20.5 Å². The van der Waals surface area contributed by atoms with E-state index in [0.29, 0.717) is 19.0 Å². The minimum atomic E-state index is -4.68. The third-order valence-corrected chi connectivity index (χ3v) is 7.19. The molecule has 4 aromatic rings. The molecule has 2 heterocycles. The quantitative estimate of drug-likeness (QED) is 0.193. The number of ether oxygens (including phenoxy) is 1. The van der Waals surface area contributed by atoms with Gasteiger partial charge in [-0.3, -0.25) is 14.6 Å². The molecule has 0 radical (unpaired) electrons. The molecule has 2 aromatic heterocycles. The van der Waals surface area contributed by atoms with Crippen LogP contribution in [0, 0.1) is 23.3 Å². The molecule has 0 saturated heterocycles. The fourth-order valence-electron chi connectivity index (χ4n) is 3.93. The van der Waals surface area contributed by atoms with Gasteiger partial charge in [-0.25, -0.2) is 31.0 Å². The molecule has 0 atom stereocenters. The lowest BCUT2D eigenvalue weighted by Gasteiger charge is -2.14. The van der Waals surface area contributed by atoms with E-state index in [-0.39, 0.29) is 16.6 Å². The van der Waals surface area contributed by atoms with Crippen LogP contribution in [0.3, 0.4) is 0 Å². The lowest BCUT2D eigenvalue weighted by molar-refractivity contribution is 0.0949. The fraction of sp³-hybridized carbons (Fsp3) is 0.240. The number of hydrogen-bond acceptors (Lipinski definition) is 7. The minimum absolute atomic E-state index is 0.0785. The summed E-state index contributed by atoms with van der Waals surface area (Å²) in [6.07, 6.45) is 1.39. The van der Waals surface area contributed by atoms with Gasteiger partial charge in [-0.2, -0.15) is 5.10 Å². The molecule has 0 unspecified atom stereocenters. The molecule has 0 aliphatic heterocycles. The molecule has 3 N–H and O–H groups in total. The summed E-state index contributed by atoms with van der Waals surface area (Å²) in [6.45, 7) is 1.08. The molecule has 212 valence electrons. The van der Waals surface area contributed by atoms with Crippen molar-refractivity contribution in [1.82, 2.24) is 25.4 Å². The molecular formula is C25H24F4N6O4S. The molecule has 2 aromatic carbocycles. The van der Waals surface area contributed by atoms with Crippen molar-refractivity contribution in [2.24, 2.45) is 0 Å². The first kappa shape index (κ1) is 28.8. The molecule has 1 amide bonds. The van der Waals surface area contributed by atoms with Crippen molar-refractivity contribution in [2.45, 2.75) is 11.3 Å². The zero-order valence-corrected chi connectivity index (χ0v) is 22.3. The molecule has 0 bridgehead atoms. The number of anilines is 1. The first-order chi connectivity index (χ1) is 18.9. The van der Waals surface area contributed by atoms with E-state index >= 15 is 8.78 Å². The van der Waals surface area contributed by atoms with Crippen molar-refractivity contribution in [3.05, 3.63) is 65.5 Å². The van der Waals surface area contributed by atoms with E-state index in [4.69, 9.17) is 4.74 Å². The fourth-order valence-corrected chi connectivity index (χ4v) is 5.12. The number of H-pyrrole nitrogens is 1. The van der Waals surface area contributed by atoms with Gasteiger partial charge in [-0.05, 0) is 45.3 Å². The third kappa shape index (κ3) is 5.70. The Morgan fingerprint density at radius 1 is 1.10 bits per heavy atom. The molecule has 0 aliphatic rings. The standard InChI is InChI=1S/C25H24F4N6O4S/c1-35(2)10-4-9-30-24(36)23-15-6-5-14(20(28)22(15)32-33-23)19-16(27)7-8-17(21(19)29)34-40(37,38)18-11-13(26)12-31-25(18)39-3/h5-8,11-12,34H,4,9-10H2,1-3H3,(H,30,36)(H,32,33). The number of nitrogens with one attached hydrogen (secondary N) is 3. The highest BCUT2D eigenvalue weighted by Gasteiger charge is 2.27. The van der Waals surface area contributed by atoms with Crippen molar-refractivity contribution < 1.29 is 35.5 Å². The Hall–Kier alpha value is -4.24. The van der Waals surface area contributed by atoms with Crippen molar-refractivity contribution in [1.29, 1.82) is 0 Å². The van der Waals surface area contributed by atoms with Crippen LogP contribution >= 0.6 is 0 Å². The van der Waals surface area contributed by atoms with Gasteiger partial charge in [0.15, 0.2) is 22.2 Å². The first-order valence-corrected chi connectivity index (χ1v) is 13.2. The van der Waals surface area contributed by atoms with Gasteiger partial charge in [-0.1, -0.05) is 6.07 Å². The first-order valence-electron chi connectivity index (χ1n) is 11.7. The monoisotopic (exact) mass is 580 g/mol. The van der Waals surface area contributed by atoms with Crippen LogP contribution in [-0.2, 0) is 10.0 Å². The largest absolute Gasteiger partial charge is 0.480 e. The van der Waals surface area contributed by atoms with E-state index < -0.39 is 66.8 Å². The summed E-state index contributed by atoms with van der Waals surface area (Å²) in [5.41, 5.74) is -2.57. The van der Waals surface area contributed by atoms with Crippen molar-refractivity contribution in [3.63, 3.8) is 0 Å². The average molecular weight is 581 g/mol. The Kier molecular flexibility index (Phi) is 8.25. The number of rotatable bonds is 10. The van der Waals surface area contributed by atoms with Gasteiger partial charge in [0.05, 0.1) is 24.6 Å². The summed E-state index contributed by atoms with van der Waals surface area (Å²) in [6, 6.07) is 4.45. The lowest BCUT2D eigenvalue weighted by Crippen LogP contribution is -2.27. The number of benzene rings is 2. The topological polar surface area (TPSA) is 129 Å². The van der Waals surface area contributed by atoms with Crippen LogP contribution in [0.1, 0.15) is 16.9 Å². The van der Waals surface area contributed by atoms with Gasteiger partial charge in [-0.15, -0.1) is 0 Å². The van der Waals surface area contributed by atoms with Crippen LogP contribution in [0.2, 0.25) is 0 Å². The summed E-state index contributed by atoms with van der Waals surface area (Å²) in [5, 5.41) is 8.99. The Bertz CT molecular complexity index is 1690. The number of carbonyl (C=O) groups is 1. The zero-order chi connectivity index (χ0) is 29.2. The molecule has 40 heavy (non-hydrogen) atoms. The van der Waals surface area contributed by atoms with E-state index in [9.17, 15) is 22.0 Å². The summed E-state index contributed by atoms with van der Waals surface area (Å²) < 4.78 is 92.0. The van der Waals surface area contributed by atoms with Crippen LogP contribution in [0.4, 0.5) is 23.2 Å². The number of aromatic nitrogens is 3. The predicted molar refractivity (Wildman–Crippen MR) is 138 cm³/mol. The maximum atomic E-state index is 15.5. The number of amides is 1. The molecular weight excluding hydrogens is 556 g/mol. The Balaban J connectivity index is 1.69. The maximum absolute atomic E-state index is 15.5. The number of methoxy groups -OCH3 is 1. The van der Waals surface area contributed by atoms with Crippen LogP contribution in [-0.4, -0.2) is 68.7 Å². The molecule has 0 fully saturated rings. The molecule has 10 nitrogen and oxygen atoms in total. The Labute approximate surface area is 226 Å². The summed E-state index contributed by atoms with van der Waals surface area (Å²) in [5.74, 6) is -5.79. The van der Waals surface area contributed by atoms with Gasteiger partial charge in [0, 0.05) is 23.6 Å². The van der Waals surface area contributed by atoms with Crippen LogP contribution in [0.15, 0.2) is 41.4 Å². The Morgan fingerprint density at radius 2 is 1.85 bits per heavy atom. The Morgan fingerprint density at radius 3 is 2.55 bits per heavy atom. The second-order valence-corrected chi connectivity index (χ2v) is 10.5. The minimum Gasteiger partial charge on any atom is -0.480 e. The molecule has 0 saturated carbocycles. The summed E-state index contributed by atoms with van der Waals surface area (Å²) in [7, 11) is 0.202. The summed E-state index contributed by atoms with van der Waals surface area (Å²) >= 11 is 0. The van der Waals surface area contributed by atoms with Crippen molar-refractivity contribution in [2.75, 3.05) is 39.0 Å². The van der Waals surface area contributed by atoms with Gasteiger partial charge < -0.3 is 15.0 Å². The number of aromatic amines is 1. The van der Waals surface area contributed by atoms with E-state index in [1.54, 1.807) is 0 Å².